The van der Waals surface area contributed by atoms with Crippen molar-refractivity contribution in [2.45, 2.75) is 12.5 Å². The first kappa shape index (κ1) is 15.4. The van der Waals surface area contributed by atoms with E-state index in [0.29, 0.717) is 16.5 Å². The molecule has 0 bridgehead atoms. The van der Waals surface area contributed by atoms with E-state index in [1.807, 2.05) is 0 Å². The molecule has 0 aliphatic rings. The first-order valence-corrected chi connectivity index (χ1v) is 7.25. The van der Waals surface area contributed by atoms with E-state index in [1.165, 1.54) is 12.1 Å². The summed E-state index contributed by atoms with van der Waals surface area (Å²) in [5, 5.41) is 3.15. The second kappa shape index (κ2) is 6.66. The maximum Gasteiger partial charge on any atom is 0.141 e. The molecule has 0 saturated carbocycles. The van der Waals surface area contributed by atoms with Gasteiger partial charge in [0.05, 0.1) is 5.02 Å². The minimum Gasteiger partial charge on any atom is -0.313 e. The Labute approximate surface area is 130 Å². The fourth-order valence-electron chi connectivity index (χ4n) is 2.09. The molecule has 0 heterocycles. The van der Waals surface area contributed by atoms with E-state index >= 15 is 0 Å². The van der Waals surface area contributed by atoms with E-state index in [-0.39, 0.29) is 16.9 Å². The molecule has 1 unspecified atom stereocenters. The first-order chi connectivity index (χ1) is 9.52. The third kappa shape index (κ3) is 3.37. The standard InChI is InChI=1S/C15H13BrClF2N/c1-20-14(15-10(16)3-2-4-13(15)19)8-9-5-6-12(18)11(17)7-9/h2-7,14,20H,8H2,1H3. The zero-order chi connectivity index (χ0) is 14.7. The summed E-state index contributed by atoms with van der Waals surface area (Å²) in [6.07, 6.45) is 0.510. The van der Waals surface area contributed by atoms with Gasteiger partial charge in [-0.05, 0) is 43.3 Å². The lowest BCUT2D eigenvalue weighted by Gasteiger charge is -2.19. The van der Waals surface area contributed by atoms with Gasteiger partial charge in [0.15, 0.2) is 0 Å². The topological polar surface area (TPSA) is 12.0 Å². The van der Waals surface area contributed by atoms with Crippen LogP contribution in [0.25, 0.3) is 0 Å². The van der Waals surface area contributed by atoms with Crippen LogP contribution in [0.1, 0.15) is 17.2 Å². The SMILES string of the molecule is CNC(Cc1ccc(F)c(Cl)c1)c1c(F)cccc1Br. The average Bonchev–Trinajstić information content (AvgIpc) is 2.41. The molecule has 0 radical (unpaired) electrons. The molecule has 2 rings (SSSR count). The monoisotopic (exact) mass is 359 g/mol. The van der Waals surface area contributed by atoms with E-state index in [9.17, 15) is 8.78 Å². The highest BCUT2D eigenvalue weighted by Crippen LogP contribution is 2.29. The molecule has 0 amide bonds. The number of rotatable bonds is 4. The highest BCUT2D eigenvalue weighted by Gasteiger charge is 2.18. The normalized spacial score (nSPS) is 12.4. The summed E-state index contributed by atoms with van der Waals surface area (Å²) in [6, 6.07) is 9.16. The lowest BCUT2D eigenvalue weighted by Crippen LogP contribution is -2.20. The van der Waals surface area contributed by atoms with Crippen molar-refractivity contribution in [2.24, 2.45) is 0 Å². The van der Waals surface area contributed by atoms with Crippen molar-refractivity contribution in [3.05, 3.63) is 68.7 Å². The summed E-state index contributed by atoms with van der Waals surface area (Å²) < 4.78 is 27.8. The highest BCUT2D eigenvalue weighted by atomic mass is 79.9. The van der Waals surface area contributed by atoms with Crippen LogP contribution in [-0.4, -0.2) is 7.05 Å². The zero-order valence-electron chi connectivity index (χ0n) is 10.8. The Morgan fingerprint density at radius 1 is 1.20 bits per heavy atom. The van der Waals surface area contributed by atoms with Gasteiger partial charge in [0.2, 0.25) is 0 Å². The van der Waals surface area contributed by atoms with Crippen LogP contribution in [0.15, 0.2) is 40.9 Å². The fraction of sp³-hybridized carbons (Fsp3) is 0.200. The molecule has 1 N–H and O–H groups in total. The summed E-state index contributed by atoms with van der Waals surface area (Å²) in [4.78, 5) is 0. The number of hydrogen-bond donors (Lipinski definition) is 1. The van der Waals surface area contributed by atoms with Gasteiger partial charge in [-0.1, -0.05) is 39.7 Å². The van der Waals surface area contributed by atoms with Crippen LogP contribution >= 0.6 is 27.5 Å². The van der Waals surface area contributed by atoms with Gasteiger partial charge in [-0.3, -0.25) is 0 Å². The van der Waals surface area contributed by atoms with Crippen molar-refractivity contribution in [3.63, 3.8) is 0 Å². The minimum absolute atomic E-state index is 0.0740. The van der Waals surface area contributed by atoms with Crippen LogP contribution in [0.5, 0.6) is 0 Å². The van der Waals surface area contributed by atoms with E-state index in [0.717, 1.165) is 5.56 Å². The van der Waals surface area contributed by atoms with Gasteiger partial charge >= 0.3 is 0 Å². The van der Waals surface area contributed by atoms with Crippen molar-refractivity contribution in [1.29, 1.82) is 0 Å². The molecule has 5 heteroatoms. The summed E-state index contributed by atoms with van der Waals surface area (Å²) in [6.45, 7) is 0. The van der Waals surface area contributed by atoms with Gasteiger partial charge in [0.1, 0.15) is 11.6 Å². The molecule has 20 heavy (non-hydrogen) atoms. The third-order valence-corrected chi connectivity index (χ3v) is 4.10. The molecule has 0 saturated heterocycles. The molecule has 2 aromatic rings. The predicted octanol–water partition coefficient (Wildman–Crippen LogP) is 4.88. The van der Waals surface area contributed by atoms with E-state index < -0.39 is 5.82 Å². The Balaban J connectivity index is 2.31. The van der Waals surface area contributed by atoms with Gasteiger partial charge in [-0.2, -0.15) is 0 Å². The van der Waals surface area contributed by atoms with Crippen molar-refractivity contribution in [3.8, 4) is 0 Å². The summed E-state index contributed by atoms with van der Waals surface area (Å²) >= 11 is 9.13. The molecule has 0 aliphatic heterocycles. The Bertz CT molecular complexity index is 599. The van der Waals surface area contributed by atoms with Gasteiger partial charge < -0.3 is 5.32 Å². The van der Waals surface area contributed by atoms with Gasteiger partial charge in [-0.15, -0.1) is 0 Å². The van der Waals surface area contributed by atoms with Crippen molar-refractivity contribution in [1.82, 2.24) is 5.32 Å². The third-order valence-electron chi connectivity index (χ3n) is 3.12. The van der Waals surface area contributed by atoms with E-state index in [1.54, 1.807) is 31.3 Å². The Morgan fingerprint density at radius 3 is 2.55 bits per heavy atom. The maximum atomic E-state index is 14.0. The summed E-state index contributed by atoms with van der Waals surface area (Å²) in [7, 11) is 1.76. The molecule has 2 aromatic carbocycles. The Morgan fingerprint density at radius 2 is 1.95 bits per heavy atom. The van der Waals surface area contributed by atoms with Crippen molar-refractivity contribution < 1.29 is 8.78 Å². The molecule has 1 nitrogen and oxygen atoms in total. The number of nitrogens with one attached hydrogen (secondary N) is 1. The largest absolute Gasteiger partial charge is 0.313 e. The van der Waals surface area contributed by atoms with Gasteiger partial charge in [-0.25, -0.2) is 8.78 Å². The number of hydrogen-bond acceptors (Lipinski definition) is 1. The second-order valence-corrected chi connectivity index (χ2v) is 5.69. The fourth-order valence-corrected chi connectivity index (χ4v) is 2.92. The molecule has 0 aliphatic carbocycles. The first-order valence-electron chi connectivity index (χ1n) is 6.08. The maximum absolute atomic E-state index is 14.0. The van der Waals surface area contributed by atoms with Crippen LogP contribution in [0.2, 0.25) is 5.02 Å². The van der Waals surface area contributed by atoms with Crippen LogP contribution in [0, 0.1) is 11.6 Å². The molecule has 1 atom stereocenters. The Kier molecular flexibility index (Phi) is 5.13. The summed E-state index contributed by atoms with van der Waals surface area (Å²) in [5.74, 6) is -0.740. The number of benzene rings is 2. The van der Waals surface area contributed by atoms with E-state index in [2.05, 4.69) is 21.2 Å². The van der Waals surface area contributed by atoms with Crippen molar-refractivity contribution >= 4 is 27.5 Å². The zero-order valence-corrected chi connectivity index (χ0v) is 13.1. The lowest BCUT2D eigenvalue weighted by atomic mass is 9.98. The lowest BCUT2D eigenvalue weighted by molar-refractivity contribution is 0.531. The highest BCUT2D eigenvalue weighted by molar-refractivity contribution is 9.10. The predicted molar refractivity (Wildman–Crippen MR) is 81.0 cm³/mol. The Hall–Kier alpha value is -0.970. The quantitative estimate of drug-likeness (QED) is 0.819. The molecule has 106 valence electrons. The van der Waals surface area contributed by atoms with Crippen LogP contribution in [-0.2, 0) is 6.42 Å². The number of likely N-dealkylation sites (N-methyl/N-ethyl adjacent to an activating group) is 1. The van der Waals surface area contributed by atoms with Crippen LogP contribution in [0.4, 0.5) is 8.78 Å². The molecule has 0 spiro atoms. The molecule has 0 fully saturated rings. The minimum atomic E-state index is -0.455. The van der Waals surface area contributed by atoms with Crippen LogP contribution < -0.4 is 5.32 Å². The summed E-state index contributed by atoms with van der Waals surface area (Å²) in [5.41, 5.74) is 1.39. The van der Waals surface area contributed by atoms with Crippen LogP contribution in [0.3, 0.4) is 0 Å². The van der Waals surface area contributed by atoms with E-state index in [4.69, 9.17) is 11.6 Å². The van der Waals surface area contributed by atoms with Crippen molar-refractivity contribution in [2.75, 3.05) is 7.05 Å². The molecular formula is C15H13BrClF2N. The molecule has 0 aromatic heterocycles. The number of halogens is 4. The average molecular weight is 361 g/mol. The van der Waals surface area contributed by atoms with Gasteiger partial charge in [0, 0.05) is 16.1 Å². The second-order valence-electron chi connectivity index (χ2n) is 4.43. The smallest absolute Gasteiger partial charge is 0.141 e. The molecular weight excluding hydrogens is 348 g/mol. The van der Waals surface area contributed by atoms with Gasteiger partial charge in [0.25, 0.3) is 0 Å².